The normalized spacial score (nSPS) is 17.7. The number of nitro groups is 1. The zero-order valence-electron chi connectivity index (χ0n) is 11.0. The molecule has 108 valence electrons. The lowest BCUT2D eigenvalue weighted by atomic mass is 10.0. The van der Waals surface area contributed by atoms with Gasteiger partial charge >= 0.3 is 11.7 Å². The lowest BCUT2D eigenvalue weighted by molar-refractivity contribution is -0.385. The number of allylic oxidation sites excluding steroid dienone is 1. The highest BCUT2D eigenvalue weighted by atomic mass is 16.6. The second-order valence-corrected chi connectivity index (χ2v) is 4.60. The predicted octanol–water partition coefficient (Wildman–Crippen LogP) is 1.20. The van der Waals surface area contributed by atoms with Crippen LogP contribution in [0.2, 0.25) is 0 Å². The van der Waals surface area contributed by atoms with Crippen molar-refractivity contribution in [2.45, 2.75) is 31.8 Å². The van der Waals surface area contributed by atoms with Crippen molar-refractivity contribution in [2.24, 2.45) is 0 Å². The van der Waals surface area contributed by atoms with Crippen molar-refractivity contribution in [3.8, 4) is 0 Å². The molecule has 2 N–H and O–H groups in total. The molecule has 20 heavy (non-hydrogen) atoms. The minimum atomic E-state index is -0.500. The second kappa shape index (κ2) is 6.69. The molecule has 0 spiro atoms. The van der Waals surface area contributed by atoms with Crippen molar-refractivity contribution in [3.63, 3.8) is 0 Å². The lowest BCUT2D eigenvalue weighted by Gasteiger charge is -2.19. The molecule has 0 saturated carbocycles. The minimum Gasteiger partial charge on any atom is -0.336 e. The highest BCUT2D eigenvalue weighted by Gasteiger charge is 2.12. The van der Waals surface area contributed by atoms with Crippen LogP contribution >= 0.6 is 0 Å². The highest BCUT2D eigenvalue weighted by Crippen LogP contribution is 2.10. The number of aromatic nitrogens is 2. The highest BCUT2D eigenvalue weighted by molar-refractivity contribution is 5.74. The molecule has 0 radical (unpaired) electrons. The Morgan fingerprint density at radius 1 is 1.55 bits per heavy atom. The molecular formula is C12H17N5O3. The van der Waals surface area contributed by atoms with Crippen LogP contribution in [0.3, 0.4) is 0 Å². The topological polar surface area (TPSA) is 102 Å². The minimum absolute atomic E-state index is 0.0524. The Morgan fingerprint density at radius 3 is 3.05 bits per heavy atom. The van der Waals surface area contributed by atoms with E-state index in [9.17, 15) is 14.9 Å². The van der Waals surface area contributed by atoms with Gasteiger partial charge in [-0.1, -0.05) is 12.2 Å². The summed E-state index contributed by atoms with van der Waals surface area (Å²) in [6.45, 7) is 0.763. The fraction of sp³-hybridized carbons (Fsp3) is 0.500. The number of carbonyl (C=O) groups is 1. The van der Waals surface area contributed by atoms with E-state index in [-0.39, 0.29) is 17.8 Å². The average Bonchev–Trinajstić information content (AvgIpc) is 2.89. The molecule has 1 aromatic rings. The van der Waals surface area contributed by atoms with Gasteiger partial charge in [-0.05, 0) is 19.3 Å². The average molecular weight is 279 g/mol. The van der Waals surface area contributed by atoms with E-state index in [0.29, 0.717) is 13.1 Å². The van der Waals surface area contributed by atoms with Gasteiger partial charge in [0.25, 0.3) is 0 Å². The van der Waals surface area contributed by atoms with Gasteiger partial charge in [0.05, 0.1) is 11.5 Å². The zero-order chi connectivity index (χ0) is 14.4. The number of hydrogen-bond acceptors (Lipinski definition) is 4. The third-order valence-corrected chi connectivity index (χ3v) is 3.06. The van der Waals surface area contributed by atoms with Crippen LogP contribution in [0, 0.1) is 10.1 Å². The van der Waals surface area contributed by atoms with E-state index in [1.54, 1.807) is 0 Å². The van der Waals surface area contributed by atoms with Gasteiger partial charge in [0, 0.05) is 12.6 Å². The van der Waals surface area contributed by atoms with Crippen molar-refractivity contribution in [1.82, 2.24) is 20.4 Å². The monoisotopic (exact) mass is 279 g/mol. The van der Waals surface area contributed by atoms with Crippen molar-refractivity contribution in [3.05, 3.63) is 34.7 Å². The molecule has 0 saturated heterocycles. The summed E-state index contributed by atoms with van der Waals surface area (Å²) in [6.07, 6.45) is 9.51. The smallest absolute Gasteiger partial charge is 0.315 e. The van der Waals surface area contributed by atoms with Crippen molar-refractivity contribution in [2.75, 3.05) is 6.54 Å². The Kier molecular flexibility index (Phi) is 4.70. The second-order valence-electron chi connectivity index (χ2n) is 4.60. The summed E-state index contributed by atoms with van der Waals surface area (Å²) in [6, 6.07) is -0.0299. The first-order chi connectivity index (χ1) is 9.65. The summed E-state index contributed by atoms with van der Waals surface area (Å²) in [5, 5.41) is 19.9. The third-order valence-electron chi connectivity index (χ3n) is 3.06. The summed E-state index contributed by atoms with van der Waals surface area (Å²) in [4.78, 5) is 21.6. The fourth-order valence-electron chi connectivity index (χ4n) is 2.01. The molecule has 0 bridgehead atoms. The Balaban J connectivity index is 1.68. The SMILES string of the molecule is O=C(NCCn1cc([N+](=O)[O-])cn1)N[C@H]1CC=CCC1. The molecular weight excluding hydrogens is 262 g/mol. The van der Waals surface area contributed by atoms with Gasteiger partial charge in [-0.15, -0.1) is 0 Å². The number of rotatable bonds is 5. The van der Waals surface area contributed by atoms with Crippen LogP contribution in [-0.4, -0.2) is 33.3 Å². The summed E-state index contributed by atoms with van der Waals surface area (Å²) in [5.74, 6) is 0. The van der Waals surface area contributed by atoms with Gasteiger partial charge in [0.2, 0.25) is 0 Å². The standard InChI is InChI=1S/C12H17N5O3/c18-12(15-10-4-2-1-3-5-10)13-6-7-16-9-11(8-14-16)17(19)20/h1-2,8-10H,3-7H2,(H2,13,15,18)/t10-/m0/s1. The maximum Gasteiger partial charge on any atom is 0.315 e. The molecule has 1 aromatic heterocycles. The van der Waals surface area contributed by atoms with Gasteiger partial charge in [-0.3, -0.25) is 14.8 Å². The number of carbonyl (C=O) groups excluding carboxylic acids is 1. The molecule has 0 unspecified atom stereocenters. The molecule has 2 rings (SSSR count). The molecule has 1 aliphatic carbocycles. The largest absolute Gasteiger partial charge is 0.336 e. The van der Waals surface area contributed by atoms with Crippen LogP contribution in [-0.2, 0) is 6.54 Å². The summed E-state index contributed by atoms with van der Waals surface area (Å²) >= 11 is 0. The van der Waals surface area contributed by atoms with Crippen LogP contribution < -0.4 is 10.6 Å². The summed E-state index contributed by atoms with van der Waals surface area (Å²) in [5.41, 5.74) is -0.0524. The molecule has 0 aromatic carbocycles. The number of urea groups is 1. The number of hydrogen-bond donors (Lipinski definition) is 2. The predicted molar refractivity (Wildman–Crippen MR) is 72.2 cm³/mol. The molecule has 8 heteroatoms. The van der Waals surface area contributed by atoms with Gasteiger partial charge in [-0.25, -0.2) is 4.79 Å². The molecule has 2 amide bonds. The van der Waals surface area contributed by atoms with Crippen LogP contribution in [0.5, 0.6) is 0 Å². The van der Waals surface area contributed by atoms with E-state index < -0.39 is 4.92 Å². The van der Waals surface area contributed by atoms with E-state index in [2.05, 4.69) is 27.9 Å². The van der Waals surface area contributed by atoms with Gasteiger partial charge in [0.15, 0.2) is 0 Å². The first-order valence-corrected chi connectivity index (χ1v) is 6.51. The Morgan fingerprint density at radius 2 is 2.40 bits per heavy atom. The van der Waals surface area contributed by atoms with Gasteiger partial charge in [0.1, 0.15) is 12.4 Å². The zero-order valence-corrected chi connectivity index (χ0v) is 11.0. The number of nitrogens with zero attached hydrogens (tertiary/aromatic N) is 3. The van der Waals surface area contributed by atoms with Gasteiger partial charge in [-0.2, -0.15) is 5.10 Å². The summed E-state index contributed by atoms with van der Waals surface area (Å²) < 4.78 is 1.43. The fourth-order valence-corrected chi connectivity index (χ4v) is 2.01. The molecule has 1 heterocycles. The number of amides is 2. The van der Waals surface area contributed by atoms with Crippen LogP contribution in [0.4, 0.5) is 10.5 Å². The van der Waals surface area contributed by atoms with Crippen LogP contribution in [0.25, 0.3) is 0 Å². The molecule has 0 fully saturated rings. The Labute approximate surface area is 116 Å². The first-order valence-electron chi connectivity index (χ1n) is 6.51. The first kappa shape index (κ1) is 14.0. The van der Waals surface area contributed by atoms with Crippen molar-refractivity contribution >= 4 is 11.7 Å². The van der Waals surface area contributed by atoms with Crippen molar-refractivity contribution < 1.29 is 9.72 Å². The quantitative estimate of drug-likeness (QED) is 0.480. The number of nitrogens with one attached hydrogen (secondary N) is 2. The Hall–Kier alpha value is -2.38. The van der Waals surface area contributed by atoms with Crippen LogP contribution in [0.15, 0.2) is 24.5 Å². The maximum atomic E-state index is 11.6. The van der Waals surface area contributed by atoms with E-state index in [1.165, 1.54) is 17.1 Å². The van der Waals surface area contributed by atoms with E-state index in [0.717, 1.165) is 19.3 Å². The van der Waals surface area contributed by atoms with Crippen molar-refractivity contribution in [1.29, 1.82) is 0 Å². The lowest BCUT2D eigenvalue weighted by Crippen LogP contribution is -2.43. The molecule has 1 atom stereocenters. The molecule has 8 nitrogen and oxygen atoms in total. The van der Waals surface area contributed by atoms with Gasteiger partial charge < -0.3 is 10.6 Å². The van der Waals surface area contributed by atoms with Crippen LogP contribution in [0.1, 0.15) is 19.3 Å². The van der Waals surface area contributed by atoms with E-state index in [1.807, 2.05) is 0 Å². The maximum absolute atomic E-state index is 11.6. The molecule has 1 aliphatic rings. The molecule has 0 aliphatic heterocycles. The summed E-state index contributed by atoms with van der Waals surface area (Å²) in [7, 11) is 0. The Bertz CT molecular complexity index is 511. The van der Waals surface area contributed by atoms with E-state index in [4.69, 9.17) is 0 Å². The van der Waals surface area contributed by atoms with E-state index >= 15 is 0 Å². The third kappa shape index (κ3) is 4.08.